The zero-order chi connectivity index (χ0) is 11.0. The molecule has 82 valence electrons. The van der Waals surface area contributed by atoms with Crippen LogP contribution in [-0.2, 0) is 14.6 Å². The van der Waals surface area contributed by atoms with Crippen molar-refractivity contribution in [2.45, 2.75) is 37.9 Å². The smallest absolute Gasteiger partial charge is 0.324 e. The summed E-state index contributed by atoms with van der Waals surface area (Å²) in [4.78, 5) is 10.7. The molecular formula is C9H16O4S. The van der Waals surface area contributed by atoms with Crippen LogP contribution in [0.5, 0.6) is 0 Å². The molecule has 0 atom stereocenters. The van der Waals surface area contributed by atoms with Crippen molar-refractivity contribution in [1.82, 2.24) is 0 Å². The molecular weight excluding hydrogens is 204 g/mol. The predicted octanol–water partition coefficient (Wildman–Crippen LogP) is 1.06. The van der Waals surface area contributed by atoms with Crippen molar-refractivity contribution >= 4 is 15.8 Å². The second-order valence-corrected chi connectivity index (χ2v) is 7.02. The second kappa shape index (κ2) is 3.53. The number of carbonyl (C=O) groups is 1. The molecule has 0 aromatic carbocycles. The van der Waals surface area contributed by atoms with Crippen molar-refractivity contribution in [3.8, 4) is 0 Å². The molecule has 1 aliphatic carbocycles. The molecule has 0 aromatic rings. The Bertz CT molecular complexity index is 325. The van der Waals surface area contributed by atoms with Gasteiger partial charge >= 0.3 is 5.97 Å². The largest absolute Gasteiger partial charge is 0.480 e. The van der Waals surface area contributed by atoms with E-state index >= 15 is 0 Å². The van der Waals surface area contributed by atoms with Gasteiger partial charge in [-0.15, -0.1) is 0 Å². The lowest BCUT2D eigenvalue weighted by molar-refractivity contribution is -0.139. The predicted molar refractivity (Wildman–Crippen MR) is 52.8 cm³/mol. The van der Waals surface area contributed by atoms with E-state index < -0.39 is 20.6 Å². The number of sulfone groups is 1. The van der Waals surface area contributed by atoms with Crippen LogP contribution < -0.4 is 0 Å². The summed E-state index contributed by atoms with van der Waals surface area (Å²) in [6, 6.07) is 0. The summed E-state index contributed by atoms with van der Waals surface area (Å²) in [5.41, 5.74) is 0. The van der Waals surface area contributed by atoms with Crippen molar-refractivity contribution in [2.75, 3.05) is 5.75 Å². The third-order valence-electron chi connectivity index (χ3n) is 2.78. The van der Waals surface area contributed by atoms with E-state index in [9.17, 15) is 13.2 Å². The summed E-state index contributed by atoms with van der Waals surface area (Å²) < 4.78 is 21.6. The minimum absolute atomic E-state index is 0.00301. The maximum absolute atomic E-state index is 11.6. The maximum atomic E-state index is 11.6. The van der Waals surface area contributed by atoms with Gasteiger partial charge in [0.1, 0.15) is 0 Å². The molecule has 0 radical (unpaired) electrons. The molecule has 0 unspecified atom stereocenters. The third kappa shape index (κ3) is 2.26. The molecule has 0 saturated heterocycles. The van der Waals surface area contributed by atoms with Gasteiger partial charge in [-0.2, -0.15) is 0 Å². The average molecular weight is 220 g/mol. The van der Waals surface area contributed by atoms with Crippen LogP contribution in [-0.4, -0.2) is 30.0 Å². The van der Waals surface area contributed by atoms with Gasteiger partial charge in [0.2, 0.25) is 0 Å². The fraction of sp³-hybridized carbons (Fsp3) is 0.889. The number of carboxylic acid groups (broad SMARTS) is 1. The molecule has 0 heterocycles. The molecule has 1 N–H and O–H groups in total. The van der Waals surface area contributed by atoms with Crippen LogP contribution in [0, 0.1) is 5.92 Å². The highest BCUT2D eigenvalue weighted by molar-refractivity contribution is 7.93. The first-order valence-corrected chi connectivity index (χ1v) is 6.38. The SMILES string of the molecule is CC(C)(C(=O)O)S(=O)(=O)CCC1CC1. The quantitative estimate of drug-likeness (QED) is 0.752. The number of hydrogen-bond donors (Lipinski definition) is 1. The van der Waals surface area contributed by atoms with Gasteiger partial charge in [-0.25, -0.2) is 8.42 Å². The highest BCUT2D eigenvalue weighted by Gasteiger charge is 2.42. The highest BCUT2D eigenvalue weighted by atomic mass is 32.2. The summed E-state index contributed by atoms with van der Waals surface area (Å²) >= 11 is 0. The first kappa shape index (κ1) is 11.5. The summed E-state index contributed by atoms with van der Waals surface area (Å²) in [5.74, 6) is -0.764. The third-order valence-corrected chi connectivity index (χ3v) is 5.29. The van der Waals surface area contributed by atoms with Crippen LogP contribution in [0.3, 0.4) is 0 Å². The van der Waals surface area contributed by atoms with Gasteiger partial charge in [0.25, 0.3) is 0 Å². The van der Waals surface area contributed by atoms with Crippen LogP contribution in [0.25, 0.3) is 0 Å². The molecule has 4 nitrogen and oxygen atoms in total. The van der Waals surface area contributed by atoms with E-state index in [1.54, 1.807) is 0 Å². The fourth-order valence-corrected chi connectivity index (χ4v) is 2.54. The van der Waals surface area contributed by atoms with E-state index in [0.29, 0.717) is 12.3 Å². The highest BCUT2D eigenvalue weighted by Crippen LogP contribution is 2.33. The Balaban J connectivity index is 2.66. The van der Waals surface area contributed by atoms with Gasteiger partial charge in [0.05, 0.1) is 5.75 Å². The Morgan fingerprint density at radius 2 is 1.93 bits per heavy atom. The summed E-state index contributed by atoms with van der Waals surface area (Å²) in [7, 11) is -3.51. The number of rotatable bonds is 5. The molecule has 0 amide bonds. The standard InChI is InChI=1S/C9H16O4S/c1-9(2,8(10)11)14(12,13)6-5-7-3-4-7/h7H,3-6H2,1-2H3,(H,10,11). The molecule has 0 aromatic heterocycles. The molecule has 1 fully saturated rings. The van der Waals surface area contributed by atoms with E-state index in [1.165, 1.54) is 13.8 Å². The van der Waals surface area contributed by atoms with Crippen molar-refractivity contribution < 1.29 is 18.3 Å². The van der Waals surface area contributed by atoms with Gasteiger partial charge in [0.15, 0.2) is 14.6 Å². The second-order valence-electron chi connectivity index (χ2n) is 4.37. The summed E-state index contributed by atoms with van der Waals surface area (Å²) in [6.07, 6.45) is 2.78. The van der Waals surface area contributed by atoms with E-state index in [1.807, 2.05) is 0 Å². The molecule has 1 aliphatic rings. The molecule has 5 heteroatoms. The van der Waals surface area contributed by atoms with Crippen LogP contribution in [0.2, 0.25) is 0 Å². The lowest BCUT2D eigenvalue weighted by atomic mass is 10.2. The van der Waals surface area contributed by atoms with Gasteiger partial charge in [0, 0.05) is 0 Å². The zero-order valence-electron chi connectivity index (χ0n) is 8.49. The summed E-state index contributed by atoms with van der Waals surface area (Å²) in [5, 5.41) is 8.78. The molecule has 1 saturated carbocycles. The zero-order valence-corrected chi connectivity index (χ0v) is 9.30. The number of aliphatic carboxylic acids is 1. The normalized spacial score (nSPS) is 18.1. The Morgan fingerprint density at radius 1 is 1.43 bits per heavy atom. The van der Waals surface area contributed by atoms with E-state index in [2.05, 4.69) is 0 Å². The minimum atomic E-state index is -3.51. The van der Waals surface area contributed by atoms with E-state index in [4.69, 9.17) is 5.11 Å². The van der Waals surface area contributed by atoms with Crippen molar-refractivity contribution in [3.63, 3.8) is 0 Å². The van der Waals surface area contributed by atoms with Crippen LogP contribution in [0.4, 0.5) is 0 Å². The Hall–Kier alpha value is -0.580. The van der Waals surface area contributed by atoms with Crippen molar-refractivity contribution in [1.29, 1.82) is 0 Å². The van der Waals surface area contributed by atoms with Gasteiger partial charge in [-0.05, 0) is 26.2 Å². The van der Waals surface area contributed by atoms with Crippen LogP contribution >= 0.6 is 0 Å². The average Bonchev–Trinajstić information content (AvgIpc) is 2.83. The first-order chi connectivity index (χ1) is 6.27. The fourth-order valence-electron chi connectivity index (χ4n) is 1.12. The number of carboxylic acids is 1. The van der Waals surface area contributed by atoms with Gasteiger partial charge < -0.3 is 5.11 Å². The molecule has 14 heavy (non-hydrogen) atoms. The van der Waals surface area contributed by atoms with E-state index in [-0.39, 0.29) is 5.75 Å². The Morgan fingerprint density at radius 3 is 2.29 bits per heavy atom. The monoisotopic (exact) mass is 220 g/mol. The first-order valence-electron chi connectivity index (χ1n) is 4.73. The Labute approximate surface area is 84.2 Å². The van der Waals surface area contributed by atoms with Gasteiger partial charge in [-0.3, -0.25) is 4.79 Å². The molecule has 1 rings (SSSR count). The van der Waals surface area contributed by atoms with Crippen LogP contribution in [0.1, 0.15) is 33.1 Å². The molecule has 0 bridgehead atoms. The van der Waals surface area contributed by atoms with Crippen molar-refractivity contribution in [2.24, 2.45) is 5.92 Å². The topological polar surface area (TPSA) is 71.4 Å². The molecule has 0 aliphatic heterocycles. The lowest BCUT2D eigenvalue weighted by Crippen LogP contribution is -2.42. The minimum Gasteiger partial charge on any atom is -0.480 e. The lowest BCUT2D eigenvalue weighted by Gasteiger charge is -2.19. The summed E-state index contributed by atoms with van der Waals surface area (Å²) in [6.45, 7) is 2.50. The Kier molecular flexibility index (Phi) is 2.90. The molecule has 0 spiro atoms. The maximum Gasteiger partial charge on any atom is 0.324 e. The van der Waals surface area contributed by atoms with Crippen LogP contribution in [0.15, 0.2) is 0 Å². The van der Waals surface area contributed by atoms with E-state index in [0.717, 1.165) is 12.8 Å². The van der Waals surface area contributed by atoms with Gasteiger partial charge in [-0.1, -0.05) is 12.8 Å². The van der Waals surface area contributed by atoms with Crippen molar-refractivity contribution in [3.05, 3.63) is 0 Å². The number of hydrogen-bond acceptors (Lipinski definition) is 3.